The van der Waals surface area contributed by atoms with Crippen molar-refractivity contribution in [3.63, 3.8) is 0 Å². The molecule has 0 aromatic carbocycles. The zero-order chi connectivity index (χ0) is 29.3. The van der Waals surface area contributed by atoms with Gasteiger partial charge in [-0.1, -0.05) is 0 Å². The molecule has 1 aliphatic carbocycles. The van der Waals surface area contributed by atoms with Crippen LogP contribution >= 0.6 is 0 Å². The summed E-state index contributed by atoms with van der Waals surface area (Å²) in [5.41, 5.74) is 8.11. The molecule has 1 saturated carbocycles. The molecular formula is C30H35F3N8O. The monoisotopic (exact) mass is 580 g/mol. The van der Waals surface area contributed by atoms with Gasteiger partial charge in [0.15, 0.2) is 0 Å². The highest BCUT2D eigenvalue weighted by Gasteiger charge is 2.38. The number of anilines is 3. The quantitative estimate of drug-likeness (QED) is 0.326. The lowest BCUT2D eigenvalue weighted by molar-refractivity contribution is -0.138. The molecule has 2 saturated heterocycles. The highest BCUT2D eigenvalue weighted by Crippen LogP contribution is 2.33. The number of amides is 1. The van der Waals surface area contributed by atoms with Crippen LogP contribution in [0.3, 0.4) is 0 Å². The Morgan fingerprint density at radius 1 is 1.00 bits per heavy atom. The Bertz CT molecular complexity index is 1410. The number of hydrazine groups is 1. The van der Waals surface area contributed by atoms with Gasteiger partial charge in [-0.05, 0) is 86.9 Å². The van der Waals surface area contributed by atoms with Crippen LogP contribution in [0.2, 0.25) is 0 Å². The Morgan fingerprint density at radius 2 is 1.83 bits per heavy atom. The molecule has 0 radical (unpaired) electrons. The summed E-state index contributed by atoms with van der Waals surface area (Å²) in [6.45, 7) is 4.34. The van der Waals surface area contributed by atoms with Gasteiger partial charge < -0.3 is 15.5 Å². The van der Waals surface area contributed by atoms with Gasteiger partial charge in [0.1, 0.15) is 17.5 Å². The van der Waals surface area contributed by atoms with Crippen molar-refractivity contribution in [1.29, 1.82) is 0 Å². The Kier molecular flexibility index (Phi) is 8.00. The molecule has 9 nitrogen and oxygen atoms in total. The van der Waals surface area contributed by atoms with E-state index in [1.54, 1.807) is 12.3 Å². The second kappa shape index (κ2) is 11.8. The fraction of sp³-hybridized carbons (Fsp3) is 0.467. The molecular weight excluding hydrogens is 545 g/mol. The molecule has 6 rings (SSSR count). The normalized spacial score (nSPS) is 23.0. The zero-order valence-corrected chi connectivity index (χ0v) is 23.4. The molecule has 2 aliphatic heterocycles. The number of aryl methyl sites for hydroxylation is 1. The average Bonchev–Trinajstić information content (AvgIpc) is 3.45. The van der Waals surface area contributed by atoms with Gasteiger partial charge in [-0.15, -0.1) is 0 Å². The molecule has 3 fully saturated rings. The topological polar surface area (TPSA) is 107 Å². The third-order valence-electron chi connectivity index (χ3n) is 8.51. The molecule has 3 aliphatic rings. The fourth-order valence-corrected chi connectivity index (χ4v) is 6.25. The van der Waals surface area contributed by atoms with Crippen molar-refractivity contribution in [3.05, 3.63) is 59.9 Å². The molecule has 12 heteroatoms. The van der Waals surface area contributed by atoms with E-state index in [0.717, 1.165) is 87.0 Å². The summed E-state index contributed by atoms with van der Waals surface area (Å²) >= 11 is 0. The van der Waals surface area contributed by atoms with Gasteiger partial charge in [-0.3, -0.25) is 15.6 Å². The van der Waals surface area contributed by atoms with Gasteiger partial charge in [0.05, 0.1) is 11.3 Å². The summed E-state index contributed by atoms with van der Waals surface area (Å²) < 4.78 is 39.3. The minimum absolute atomic E-state index is 0.0649. The number of alkyl halides is 3. The molecule has 42 heavy (non-hydrogen) atoms. The van der Waals surface area contributed by atoms with E-state index in [-0.39, 0.29) is 17.8 Å². The lowest BCUT2D eigenvalue weighted by Gasteiger charge is -2.37. The highest BCUT2D eigenvalue weighted by atomic mass is 19.4. The van der Waals surface area contributed by atoms with E-state index in [9.17, 15) is 18.0 Å². The molecule has 5 heterocycles. The van der Waals surface area contributed by atoms with Crippen LogP contribution in [0.15, 0.2) is 48.8 Å². The maximum atomic E-state index is 13.2. The van der Waals surface area contributed by atoms with E-state index in [0.29, 0.717) is 29.4 Å². The van der Waals surface area contributed by atoms with Crippen LogP contribution in [0.1, 0.15) is 43.2 Å². The van der Waals surface area contributed by atoms with Gasteiger partial charge in [0.25, 0.3) is 0 Å². The van der Waals surface area contributed by atoms with Crippen LogP contribution in [0, 0.1) is 18.8 Å². The minimum Gasteiger partial charge on any atom is -0.367 e. The first-order valence-corrected chi connectivity index (χ1v) is 14.5. The molecule has 3 unspecified atom stereocenters. The molecule has 3 aromatic heterocycles. The molecule has 4 N–H and O–H groups in total. The van der Waals surface area contributed by atoms with Crippen molar-refractivity contribution < 1.29 is 18.0 Å². The van der Waals surface area contributed by atoms with Gasteiger partial charge in [-0.2, -0.15) is 13.2 Å². The summed E-state index contributed by atoms with van der Waals surface area (Å²) in [7, 11) is 0. The zero-order valence-electron chi connectivity index (χ0n) is 23.4. The lowest BCUT2D eigenvalue weighted by atomic mass is 9.78. The smallest absolute Gasteiger partial charge is 0.367 e. The van der Waals surface area contributed by atoms with Gasteiger partial charge >= 0.3 is 6.18 Å². The third kappa shape index (κ3) is 6.49. The SMILES string of the molecule is Cc1cc(Nc2cc(C(F)(F)F)ccn2)nc(-c2ccc(NC3CCN(C(=O)C4CCC5NNCC5C4)CC3)nc2)c1. The summed E-state index contributed by atoms with van der Waals surface area (Å²) in [4.78, 5) is 28.4. The standard InChI is InChI=1S/C30H35F3N8O/c1-18-12-25(38-28(13-18)39-27-15-22(6-9-34-27)30(31,32)33)20-3-5-26(35-16-20)37-23-7-10-41(11-8-23)29(42)19-2-4-24-21(14-19)17-36-40-24/h3,5-6,9,12-13,15-16,19,21,23-24,36,40H,2,4,7-8,10-11,14,17H2,1H3,(H,35,37)(H,34,38,39). The number of halogens is 3. The lowest BCUT2D eigenvalue weighted by Crippen LogP contribution is -2.47. The Hall–Kier alpha value is -3.77. The maximum Gasteiger partial charge on any atom is 0.416 e. The van der Waals surface area contributed by atoms with Gasteiger partial charge in [0, 0.05) is 55.6 Å². The first-order valence-electron chi connectivity index (χ1n) is 14.5. The molecule has 0 spiro atoms. The first-order chi connectivity index (χ1) is 20.2. The molecule has 222 valence electrons. The van der Waals surface area contributed by atoms with Crippen molar-refractivity contribution in [3.8, 4) is 11.3 Å². The van der Waals surface area contributed by atoms with Crippen LogP contribution in [-0.4, -0.2) is 57.5 Å². The number of pyridine rings is 3. The first kappa shape index (κ1) is 28.4. The number of hydrogen-bond donors (Lipinski definition) is 4. The largest absolute Gasteiger partial charge is 0.416 e. The van der Waals surface area contributed by atoms with Gasteiger partial charge in [0.2, 0.25) is 5.91 Å². The maximum absolute atomic E-state index is 13.2. The van der Waals surface area contributed by atoms with Crippen LogP contribution in [0.5, 0.6) is 0 Å². The number of nitrogens with one attached hydrogen (secondary N) is 4. The molecule has 0 bridgehead atoms. The highest BCUT2D eigenvalue weighted by molar-refractivity contribution is 5.79. The van der Waals surface area contributed by atoms with Crippen molar-refractivity contribution in [2.75, 3.05) is 30.3 Å². The minimum atomic E-state index is -4.45. The summed E-state index contributed by atoms with van der Waals surface area (Å²) in [5, 5.41) is 6.39. The van der Waals surface area contributed by atoms with Crippen LogP contribution in [-0.2, 0) is 11.0 Å². The molecule has 1 amide bonds. The van der Waals surface area contributed by atoms with Gasteiger partial charge in [-0.25, -0.2) is 15.0 Å². The summed E-state index contributed by atoms with van der Waals surface area (Å²) in [6.07, 6.45) is 3.12. The second-order valence-electron chi connectivity index (χ2n) is 11.5. The van der Waals surface area contributed by atoms with E-state index in [1.807, 2.05) is 30.0 Å². The number of likely N-dealkylation sites (tertiary alicyclic amines) is 1. The average molecular weight is 581 g/mol. The predicted octanol–water partition coefficient (Wildman–Crippen LogP) is 4.91. The van der Waals surface area contributed by atoms with E-state index in [4.69, 9.17) is 0 Å². The number of carbonyl (C=O) groups excluding carboxylic acids is 1. The van der Waals surface area contributed by atoms with E-state index in [1.165, 1.54) is 0 Å². The number of aromatic nitrogens is 3. The Labute approximate surface area is 242 Å². The van der Waals surface area contributed by atoms with E-state index < -0.39 is 11.7 Å². The van der Waals surface area contributed by atoms with Crippen molar-refractivity contribution >= 4 is 23.4 Å². The third-order valence-corrected chi connectivity index (χ3v) is 8.51. The van der Waals surface area contributed by atoms with Crippen LogP contribution < -0.4 is 21.5 Å². The number of fused-ring (bicyclic) bond motifs is 1. The van der Waals surface area contributed by atoms with Crippen molar-refractivity contribution in [1.82, 2.24) is 30.7 Å². The van der Waals surface area contributed by atoms with Crippen molar-refractivity contribution in [2.45, 2.75) is 57.3 Å². The number of rotatable bonds is 6. The molecule has 3 aromatic rings. The summed E-state index contributed by atoms with van der Waals surface area (Å²) in [6, 6.07) is 10.1. The van der Waals surface area contributed by atoms with E-state index in [2.05, 4.69) is 36.4 Å². The van der Waals surface area contributed by atoms with E-state index >= 15 is 0 Å². The summed E-state index contributed by atoms with van der Waals surface area (Å²) in [5.74, 6) is 2.21. The van der Waals surface area contributed by atoms with Crippen LogP contribution in [0.25, 0.3) is 11.3 Å². The Morgan fingerprint density at radius 3 is 2.60 bits per heavy atom. The number of carbonyl (C=O) groups is 1. The Balaban J connectivity index is 1.04. The predicted molar refractivity (Wildman–Crippen MR) is 154 cm³/mol. The van der Waals surface area contributed by atoms with Crippen molar-refractivity contribution in [2.24, 2.45) is 11.8 Å². The second-order valence-corrected chi connectivity index (χ2v) is 11.5. The number of piperidine rings is 1. The number of nitrogens with zero attached hydrogens (tertiary/aromatic N) is 4. The molecule has 3 atom stereocenters. The fourth-order valence-electron chi connectivity index (χ4n) is 6.25. The van der Waals surface area contributed by atoms with Crippen LogP contribution in [0.4, 0.5) is 30.6 Å². The number of hydrogen-bond acceptors (Lipinski definition) is 8.